The van der Waals surface area contributed by atoms with E-state index in [4.69, 9.17) is 5.11 Å². The lowest BCUT2D eigenvalue weighted by Gasteiger charge is -2.24. The molecule has 2 heteroatoms. The standard InChI is InChI=1S/C16H27NO/c1-13-6-7-15(10-14(13)2)11-17-12-16(3,4)8-5-9-18/h6-7,10,17-18H,5,8-9,11-12H2,1-4H3. The Morgan fingerprint density at radius 1 is 1.17 bits per heavy atom. The maximum Gasteiger partial charge on any atom is 0.0431 e. The van der Waals surface area contributed by atoms with Crippen LogP contribution in [0.3, 0.4) is 0 Å². The van der Waals surface area contributed by atoms with Crippen molar-refractivity contribution in [1.29, 1.82) is 0 Å². The third kappa shape index (κ3) is 5.19. The average molecular weight is 249 g/mol. The van der Waals surface area contributed by atoms with Gasteiger partial charge in [0.15, 0.2) is 0 Å². The second-order valence-electron chi connectivity index (χ2n) is 6.01. The highest BCUT2D eigenvalue weighted by Gasteiger charge is 2.16. The van der Waals surface area contributed by atoms with Crippen LogP contribution in [0.1, 0.15) is 43.4 Å². The largest absolute Gasteiger partial charge is 0.396 e. The van der Waals surface area contributed by atoms with Crippen LogP contribution in [0.2, 0.25) is 0 Å². The molecule has 0 aromatic heterocycles. The van der Waals surface area contributed by atoms with Gasteiger partial charge in [0.2, 0.25) is 0 Å². The summed E-state index contributed by atoms with van der Waals surface area (Å²) in [6.07, 6.45) is 1.95. The Kier molecular flexibility index (Phi) is 5.83. The van der Waals surface area contributed by atoms with Gasteiger partial charge in [-0.15, -0.1) is 0 Å². The van der Waals surface area contributed by atoms with Crippen LogP contribution < -0.4 is 5.32 Å². The van der Waals surface area contributed by atoms with Crippen molar-refractivity contribution in [2.45, 2.75) is 47.1 Å². The Morgan fingerprint density at radius 2 is 1.89 bits per heavy atom. The van der Waals surface area contributed by atoms with E-state index in [1.807, 2.05) is 0 Å². The minimum atomic E-state index is 0.252. The maximum atomic E-state index is 8.87. The van der Waals surface area contributed by atoms with Crippen molar-refractivity contribution < 1.29 is 5.11 Å². The highest BCUT2D eigenvalue weighted by atomic mass is 16.2. The summed E-state index contributed by atoms with van der Waals surface area (Å²) in [6, 6.07) is 6.63. The Balaban J connectivity index is 2.39. The van der Waals surface area contributed by atoms with Gasteiger partial charge in [-0.2, -0.15) is 0 Å². The first-order valence-corrected chi connectivity index (χ1v) is 6.82. The van der Waals surface area contributed by atoms with Gasteiger partial charge in [0.05, 0.1) is 0 Å². The lowest BCUT2D eigenvalue weighted by atomic mass is 9.88. The van der Waals surface area contributed by atoms with Crippen molar-refractivity contribution >= 4 is 0 Å². The van der Waals surface area contributed by atoms with Gasteiger partial charge in [-0.3, -0.25) is 0 Å². The average Bonchev–Trinajstić information content (AvgIpc) is 2.31. The molecule has 2 N–H and O–H groups in total. The summed E-state index contributed by atoms with van der Waals surface area (Å²) < 4.78 is 0. The molecule has 0 saturated heterocycles. The molecule has 0 fully saturated rings. The summed E-state index contributed by atoms with van der Waals surface area (Å²) in [4.78, 5) is 0. The highest BCUT2D eigenvalue weighted by molar-refractivity contribution is 5.29. The minimum Gasteiger partial charge on any atom is -0.396 e. The summed E-state index contributed by atoms with van der Waals surface area (Å²) in [7, 11) is 0. The molecule has 0 unspecified atom stereocenters. The zero-order chi connectivity index (χ0) is 13.6. The molecular weight excluding hydrogens is 222 g/mol. The van der Waals surface area contributed by atoms with Gasteiger partial charge in [-0.05, 0) is 48.8 Å². The summed E-state index contributed by atoms with van der Waals surface area (Å²) in [5.74, 6) is 0. The molecule has 2 nitrogen and oxygen atoms in total. The van der Waals surface area contributed by atoms with E-state index in [1.54, 1.807) is 0 Å². The van der Waals surface area contributed by atoms with Gasteiger partial charge >= 0.3 is 0 Å². The van der Waals surface area contributed by atoms with E-state index >= 15 is 0 Å². The number of aliphatic hydroxyl groups excluding tert-OH is 1. The minimum absolute atomic E-state index is 0.252. The number of benzene rings is 1. The quantitative estimate of drug-likeness (QED) is 0.778. The van der Waals surface area contributed by atoms with E-state index in [9.17, 15) is 0 Å². The number of aryl methyl sites for hydroxylation is 2. The second kappa shape index (κ2) is 6.91. The molecule has 0 aliphatic heterocycles. The maximum absolute atomic E-state index is 8.87. The van der Waals surface area contributed by atoms with Gasteiger partial charge in [0.25, 0.3) is 0 Å². The van der Waals surface area contributed by atoms with Gasteiger partial charge < -0.3 is 10.4 Å². The number of aliphatic hydroxyl groups is 1. The van der Waals surface area contributed by atoms with Gasteiger partial charge in [-0.1, -0.05) is 32.0 Å². The fraction of sp³-hybridized carbons (Fsp3) is 0.625. The van der Waals surface area contributed by atoms with Crippen LogP contribution in [0.5, 0.6) is 0 Å². The van der Waals surface area contributed by atoms with Crippen molar-refractivity contribution in [3.63, 3.8) is 0 Å². The number of hydrogen-bond donors (Lipinski definition) is 2. The van der Waals surface area contributed by atoms with Crippen LogP contribution in [-0.4, -0.2) is 18.3 Å². The normalized spacial score (nSPS) is 11.8. The predicted molar refractivity (Wildman–Crippen MR) is 77.7 cm³/mol. The Bertz CT molecular complexity index is 371. The van der Waals surface area contributed by atoms with Crippen LogP contribution >= 0.6 is 0 Å². The van der Waals surface area contributed by atoms with Crippen molar-refractivity contribution in [3.05, 3.63) is 34.9 Å². The lowest BCUT2D eigenvalue weighted by molar-refractivity contribution is 0.236. The van der Waals surface area contributed by atoms with E-state index in [0.717, 1.165) is 25.9 Å². The molecule has 0 atom stereocenters. The summed E-state index contributed by atoms with van der Waals surface area (Å²) in [6.45, 7) is 11.0. The number of nitrogens with one attached hydrogen (secondary N) is 1. The fourth-order valence-electron chi connectivity index (χ4n) is 2.10. The van der Waals surface area contributed by atoms with E-state index in [1.165, 1.54) is 16.7 Å². The molecule has 0 spiro atoms. The van der Waals surface area contributed by atoms with Gasteiger partial charge in [0, 0.05) is 19.7 Å². The lowest BCUT2D eigenvalue weighted by Crippen LogP contribution is -2.29. The zero-order valence-corrected chi connectivity index (χ0v) is 12.2. The first-order valence-electron chi connectivity index (χ1n) is 6.82. The Hall–Kier alpha value is -0.860. The van der Waals surface area contributed by atoms with Crippen LogP contribution in [0.25, 0.3) is 0 Å². The van der Waals surface area contributed by atoms with Crippen molar-refractivity contribution in [3.8, 4) is 0 Å². The van der Waals surface area contributed by atoms with Crippen LogP contribution in [0.15, 0.2) is 18.2 Å². The topological polar surface area (TPSA) is 32.3 Å². The van der Waals surface area contributed by atoms with Crippen LogP contribution in [0.4, 0.5) is 0 Å². The molecule has 0 bridgehead atoms. The molecule has 0 aliphatic rings. The van der Waals surface area contributed by atoms with Gasteiger partial charge in [-0.25, -0.2) is 0 Å². The summed E-state index contributed by atoms with van der Waals surface area (Å²) >= 11 is 0. The number of rotatable bonds is 7. The molecule has 18 heavy (non-hydrogen) atoms. The van der Waals surface area contributed by atoms with Crippen molar-refractivity contribution in [1.82, 2.24) is 5.32 Å². The zero-order valence-electron chi connectivity index (χ0n) is 12.2. The van der Waals surface area contributed by atoms with E-state index in [-0.39, 0.29) is 5.41 Å². The molecule has 0 heterocycles. The van der Waals surface area contributed by atoms with Crippen LogP contribution in [-0.2, 0) is 6.54 Å². The fourth-order valence-corrected chi connectivity index (χ4v) is 2.10. The smallest absolute Gasteiger partial charge is 0.0431 e. The summed E-state index contributed by atoms with van der Waals surface area (Å²) in [5.41, 5.74) is 4.30. The molecule has 0 radical (unpaired) electrons. The molecule has 102 valence electrons. The molecule has 1 rings (SSSR count). The van der Waals surface area contributed by atoms with Crippen molar-refractivity contribution in [2.75, 3.05) is 13.2 Å². The Labute approximate surface area is 111 Å². The third-order valence-electron chi connectivity index (χ3n) is 3.52. The third-order valence-corrected chi connectivity index (χ3v) is 3.52. The molecule has 1 aromatic rings. The van der Waals surface area contributed by atoms with E-state index < -0.39 is 0 Å². The monoisotopic (exact) mass is 249 g/mol. The second-order valence-corrected chi connectivity index (χ2v) is 6.01. The van der Waals surface area contributed by atoms with Crippen LogP contribution in [0, 0.1) is 19.3 Å². The first kappa shape index (κ1) is 15.2. The first-order chi connectivity index (χ1) is 8.44. The molecule has 0 aliphatic carbocycles. The SMILES string of the molecule is Cc1ccc(CNCC(C)(C)CCCO)cc1C. The predicted octanol–water partition coefficient (Wildman–Crippen LogP) is 3.19. The molecule has 0 saturated carbocycles. The molecular formula is C16H27NO. The van der Waals surface area contributed by atoms with E-state index in [0.29, 0.717) is 6.61 Å². The Morgan fingerprint density at radius 3 is 2.50 bits per heavy atom. The van der Waals surface area contributed by atoms with Crippen molar-refractivity contribution in [2.24, 2.45) is 5.41 Å². The molecule has 1 aromatic carbocycles. The van der Waals surface area contributed by atoms with Gasteiger partial charge in [0.1, 0.15) is 0 Å². The van der Waals surface area contributed by atoms with E-state index in [2.05, 4.69) is 51.2 Å². The highest BCUT2D eigenvalue weighted by Crippen LogP contribution is 2.21. The molecule has 0 amide bonds. The number of hydrogen-bond acceptors (Lipinski definition) is 2. The summed E-state index contributed by atoms with van der Waals surface area (Å²) in [5, 5.41) is 12.4.